The Balaban J connectivity index is 1.82. The number of carbonyl (C=O) groups is 1. The van der Waals surface area contributed by atoms with E-state index in [0.717, 1.165) is 51.7 Å². The van der Waals surface area contributed by atoms with Gasteiger partial charge < -0.3 is 15.7 Å². The second-order valence-electron chi connectivity index (χ2n) is 6.94. The predicted molar refractivity (Wildman–Crippen MR) is 98.3 cm³/mol. The highest BCUT2D eigenvalue weighted by Gasteiger charge is 2.42. The van der Waals surface area contributed by atoms with Gasteiger partial charge in [-0.05, 0) is 50.3 Å². The standard InChI is InChI=1S/C19H29BN2O2/c20-12-5-4-11-19(21,18(23)24)17-9-14-22(15-10-17)13-8-16-6-2-1-3-7-16/h1-3,6-7,17H,4-5,8-15,21H2,(H,23,24). The number of rotatable bonds is 9. The molecule has 2 rings (SSSR count). The maximum atomic E-state index is 11.7. The zero-order chi connectivity index (χ0) is 17.4. The van der Waals surface area contributed by atoms with Crippen molar-refractivity contribution >= 4 is 13.8 Å². The molecule has 24 heavy (non-hydrogen) atoms. The minimum Gasteiger partial charge on any atom is -0.480 e. The van der Waals surface area contributed by atoms with E-state index in [0.29, 0.717) is 12.7 Å². The number of hydrogen-bond acceptors (Lipinski definition) is 3. The number of carboxylic acid groups (broad SMARTS) is 1. The normalized spacial score (nSPS) is 19.0. The molecule has 1 aromatic rings. The number of benzene rings is 1. The number of unbranched alkanes of at least 4 members (excludes halogenated alkanes) is 1. The number of piperidine rings is 1. The summed E-state index contributed by atoms with van der Waals surface area (Å²) in [6.45, 7) is 2.88. The van der Waals surface area contributed by atoms with Gasteiger partial charge in [-0.15, -0.1) is 0 Å². The zero-order valence-electron chi connectivity index (χ0n) is 14.5. The lowest BCUT2D eigenvalue weighted by molar-refractivity contribution is -0.147. The highest BCUT2D eigenvalue weighted by Crippen LogP contribution is 2.31. The van der Waals surface area contributed by atoms with Crippen LogP contribution in [0.3, 0.4) is 0 Å². The second-order valence-corrected chi connectivity index (χ2v) is 6.94. The van der Waals surface area contributed by atoms with Crippen molar-refractivity contribution in [2.45, 2.75) is 50.4 Å². The van der Waals surface area contributed by atoms with E-state index in [1.165, 1.54) is 5.56 Å². The minimum atomic E-state index is -1.10. The lowest BCUT2D eigenvalue weighted by Gasteiger charge is -2.40. The Hall–Kier alpha value is -1.33. The Bertz CT molecular complexity index is 503. The van der Waals surface area contributed by atoms with Crippen molar-refractivity contribution in [3.05, 3.63) is 35.9 Å². The molecule has 1 unspecified atom stereocenters. The summed E-state index contributed by atoms with van der Waals surface area (Å²) in [5.74, 6) is -0.803. The van der Waals surface area contributed by atoms with E-state index in [1.807, 2.05) is 6.07 Å². The van der Waals surface area contributed by atoms with Crippen LogP contribution in [0.15, 0.2) is 30.3 Å². The highest BCUT2D eigenvalue weighted by atomic mass is 16.4. The van der Waals surface area contributed by atoms with Crippen LogP contribution in [0.4, 0.5) is 0 Å². The summed E-state index contributed by atoms with van der Waals surface area (Å²) >= 11 is 0. The summed E-state index contributed by atoms with van der Waals surface area (Å²) < 4.78 is 0. The summed E-state index contributed by atoms with van der Waals surface area (Å²) in [4.78, 5) is 14.2. The molecule has 2 radical (unpaired) electrons. The fraction of sp³-hybridized carbons (Fsp3) is 0.632. The van der Waals surface area contributed by atoms with Crippen molar-refractivity contribution in [2.24, 2.45) is 11.7 Å². The van der Waals surface area contributed by atoms with Gasteiger partial charge in [0.1, 0.15) is 5.54 Å². The van der Waals surface area contributed by atoms with Gasteiger partial charge in [-0.3, -0.25) is 4.79 Å². The first-order chi connectivity index (χ1) is 11.6. The Labute approximate surface area is 146 Å². The molecule has 0 amide bonds. The van der Waals surface area contributed by atoms with Crippen LogP contribution < -0.4 is 5.73 Å². The molecular formula is C19H29BN2O2. The van der Waals surface area contributed by atoms with Gasteiger partial charge >= 0.3 is 5.97 Å². The van der Waals surface area contributed by atoms with Crippen molar-refractivity contribution in [1.29, 1.82) is 0 Å². The van der Waals surface area contributed by atoms with Gasteiger partial charge in [0.25, 0.3) is 0 Å². The van der Waals surface area contributed by atoms with E-state index in [2.05, 4.69) is 29.2 Å². The van der Waals surface area contributed by atoms with Crippen molar-refractivity contribution < 1.29 is 9.90 Å². The summed E-state index contributed by atoms with van der Waals surface area (Å²) in [7, 11) is 5.52. The van der Waals surface area contributed by atoms with Crippen LogP contribution in [0.5, 0.6) is 0 Å². The monoisotopic (exact) mass is 328 g/mol. The summed E-state index contributed by atoms with van der Waals surface area (Å²) in [5, 5.41) is 9.63. The molecule has 5 heteroatoms. The Morgan fingerprint density at radius 1 is 1.25 bits per heavy atom. The third-order valence-corrected chi connectivity index (χ3v) is 5.32. The molecule has 1 saturated heterocycles. The first-order valence-electron chi connectivity index (χ1n) is 9.05. The maximum Gasteiger partial charge on any atom is 0.323 e. The molecule has 3 N–H and O–H groups in total. The lowest BCUT2D eigenvalue weighted by Crippen LogP contribution is -2.57. The van der Waals surface area contributed by atoms with Gasteiger partial charge in [-0.25, -0.2) is 0 Å². The van der Waals surface area contributed by atoms with Crippen LogP contribution >= 0.6 is 0 Å². The summed E-state index contributed by atoms with van der Waals surface area (Å²) in [6.07, 6.45) is 5.49. The van der Waals surface area contributed by atoms with E-state index in [9.17, 15) is 9.90 Å². The van der Waals surface area contributed by atoms with Gasteiger partial charge in [0.05, 0.1) is 7.85 Å². The van der Waals surface area contributed by atoms with E-state index >= 15 is 0 Å². The Kier molecular flexibility index (Phi) is 7.31. The highest BCUT2D eigenvalue weighted by molar-refractivity contribution is 6.08. The Morgan fingerprint density at radius 3 is 2.50 bits per heavy atom. The maximum absolute atomic E-state index is 11.7. The number of hydrogen-bond donors (Lipinski definition) is 2. The average Bonchev–Trinajstić information content (AvgIpc) is 2.61. The van der Waals surface area contributed by atoms with E-state index in [4.69, 9.17) is 13.6 Å². The van der Waals surface area contributed by atoms with E-state index in [-0.39, 0.29) is 5.92 Å². The van der Waals surface area contributed by atoms with Crippen molar-refractivity contribution in [3.63, 3.8) is 0 Å². The fourth-order valence-electron chi connectivity index (χ4n) is 3.65. The SMILES string of the molecule is [B]CCCCC(N)(C(=O)O)C1CCN(CCc2ccccc2)CC1. The number of nitrogens with zero attached hydrogens (tertiary/aromatic N) is 1. The van der Waals surface area contributed by atoms with Crippen LogP contribution in [0.1, 0.15) is 37.7 Å². The van der Waals surface area contributed by atoms with Gasteiger partial charge in [0, 0.05) is 6.54 Å². The molecule has 0 aliphatic carbocycles. The van der Waals surface area contributed by atoms with Crippen LogP contribution in [-0.4, -0.2) is 49.0 Å². The molecule has 1 aliphatic heterocycles. The summed E-state index contributed by atoms with van der Waals surface area (Å²) in [6, 6.07) is 10.5. The van der Waals surface area contributed by atoms with E-state index < -0.39 is 11.5 Å². The smallest absolute Gasteiger partial charge is 0.323 e. The van der Waals surface area contributed by atoms with E-state index in [1.54, 1.807) is 0 Å². The molecule has 0 aromatic heterocycles. The Morgan fingerprint density at radius 2 is 1.92 bits per heavy atom. The van der Waals surface area contributed by atoms with Crippen LogP contribution in [0.2, 0.25) is 6.32 Å². The van der Waals surface area contributed by atoms with Gasteiger partial charge in [0.2, 0.25) is 0 Å². The average molecular weight is 328 g/mol. The van der Waals surface area contributed by atoms with Crippen molar-refractivity contribution in [1.82, 2.24) is 4.90 Å². The first-order valence-corrected chi connectivity index (χ1v) is 9.05. The molecular weight excluding hydrogens is 299 g/mol. The number of carboxylic acids is 1. The largest absolute Gasteiger partial charge is 0.480 e. The molecule has 1 fully saturated rings. The number of likely N-dealkylation sites (tertiary alicyclic amines) is 1. The van der Waals surface area contributed by atoms with Gasteiger partial charge in [0.15, 0.2) is 0 Å². The first kappa shape index (κ1) is 19.0. The summed E-state index contributed by atoms with van der Waals surface area (Å²) in [5.41, 5.74) is 6.56. The fourth-order valence-corrected chi connectivity index (χ4v) is 3.65. The molecule has 0 saturated carbocycles. The van der Waals surface area contributed by atoms with Gasteiger partial charge in [-0.2, -0.15) is 0 Å². The molecule has 1 atom stereocenters. The van der Waals surface area contributed by atoms with Gasteiger partial charge in [-0.1, -0.05) is 49.5 Å². The third-order valence-electron chi connectivity index (χ3n) is 5.32. The molecule has 1 heterocycles. The van der Waals surface area contributed by atoms with Crippen LogP contribution in [-0.2, 0) is 11.2 Å². The molecule has 1 aliphatic rings. The second kappa shape index (κ2) is 9.23. The van der Waals surface area contributed by atoms with Crippen LogP contribution in [0.25, 0.3) is 0 Å². The number of aliphatic carboxylic acids is 1. The molecule has 1 aromatic carbocycles. The minimum absolute atomic E-state index is 0.0562. The topological polar surface area (TPSA) is 66.6 Å². The molecule has 0 bridgehead atoms. The predicted octanol–water partition coefficient (Wildman–Crippen LogP) is 2.48. The quantitative estimate of drug-likeness (QED) is 0.540. The van der Waals surface area contributed by atoms with Crippen LogP contribution in [0, 0.1) is 5.92 Å². The van der Waals surface area contributed by atoms with Crippen molar-refractivity contribution in [2.75, 3.05) is 19.6 Å². The molecule has 4 nitrogen and oxygen atoms in total. The third kappa shape index (κ3) is 5.08. The zero-order valence-corrected chi connectivity index (χ0v) is 14.5. The molecule has 130 valence electrons. The number of nitrogens with two attached hydrogens (primary N) is 1. The molecule has 0 spiro atoms. The van der Waals surface area contributed by atoms with Crippen molar-refractivity contribution in [3.8, 4) is 0 Å². The lowest BCUT2D eigenvalue weighted by atomic mass is 9.75.